The second kappa shape index (κ2) is 7.73. The average Bonchev–Trinajstić information content (AvgIpc) is 2.90. The maximum atomic E-state index is 12.2. The minimum atomic E-state index is 0.160. The Morgan fingerprint density at radius 3 is 2.95 bits per heavy atom. The number of nitrogens with one attached hydrogen (secondary N) is 1. The van der Waals surface area contributed by atoms with Gasteiger partial charge in [-0.2, -0.15) is 0 Å². The fourth-order valence-electron chi connectivity index (χ4n) is 3.48. The number of unbranched alkanes of at least 4 members (excludes halogenated alkanes) is 1. The number of piperidine rings is 1. The molecule has 1 aliphatic carbocycles. The van der Waals surface area contributed by atoms with E-state index in [1.165, 1.54) is 32.1 Å². The Balaban J connectivity index is 1.65. The summed E-state index contributed by atoms with van der Waals surface area (Å²) in [6.45, 7) is 5.33. The highest BCUT2D eigenvalue weighted by molar-refractivity contribution is 5.74. The molecule has 1 saturated heterocycles. The lowest BCUT2D eigenvalue weighted by Crippen LogP contribution is -2.50. The molecule has 0 unspecified atom stereocenters. The topological polar surface area (TPSA) is 41.6 Å². The minimum Gasteiger partial charge on any atom is -0.382 e. The second-order valence-electron chi connectivity index (χ2n) is 5.73. The van der Waals surface area contributed by atoms with Crippen LogP contribution in [0.1, 0.15) is 51.9 Å². The number of rotatable bonds is 6. The molecule has 0 radical (unpaired) electrons. The summed E-state index contributed by atoms with van der Waals surface area (Å²) in [7, 11) is 0. The van der Waals surface area contributed by atoms with Crippen molar-refractivity contribution in [3.63, 3.8) is 0 Å². The van der Waals surface area contributed by atoms with Gasteiger partial charge in [-0.05, 0) is 51.4 Å². The van der Waals surface area contributed by atoms with Crippen LogP contribution in [-0.4, -0.2) is 43.3 Å². The van der Waals surface area contributed by atoms with Gasteiger partial charge in [0.15, 0.2) is 0 Å². The monoisotopic (exact) mass is 268 g/mol. The van der Waals surface area contributed by atoms with Gasteiger partial charge in [0.25, 0.3) is 0 Å². The molecule has 4 nitrogen and oxygen atoms in total. The molecule has 1 heterocycles. The van der Waals surface area contributed by atoms with Crippen LogP contribution in [0.4, 0.5) is 4.79 Å². The molecule has 1 saturated carbocycles. The zero-order chi connectivity index (χ0) is 13.5. The van der Waals surface area contributed by atoms with E-state index >= 15 is 0 Å². The number of carbonyl (C=O) groups is 1. The van der Waals surface area contributed by atoms with E-state index in [1.54, 1.807) is 0 Å². The summed E-state index contributed by atoms with van der Waals surface area (Å²) < 4.78 is 5.29. The highest BCUT2D eigenvalue weighted by Gasteiger charge is 2.37. The van der Waals surface area contributed by atoms with Crippen LogP contribution in [0.25, 0.3) is 0 Å². The fraction of sp³-hybridized carbons (Fsp3) is 0.933. The summed E-state index contributed by atoms with van der Waals surface area (Å²) in [5, 5.41) is 3.07. The maximum absolute atomic E-state index is 12.2. The van der Waals surface area contributed by atoms with E-state index in [4.69, 9.17) is 4.74 Å². The molecule has 1 N–H and O–H groups in total. The normalized spacial score (nSPS) is 26.3. The Hall–Kier alpha value is -0.770. The number of amides is 2. The van der Waals surface area contributed by atoms with Crippen LogP contribution >= 0.6 is 0 Å². The number of nitrogens with zero attached hydrogens (tertiary/aromatic N) is 1. The molecular formula is C15H28N2O2. The summed E-state index contributed by atoms with van der Waals surface area (Å²) in [5.41, 5.74) is 0. The predicted octanol–water partition coefficient (Wildman–Crippen LogP) is 2.78. The van der Waals surface area contributed by atoms with E-state index in [9.17, 15) is 4.79 Å². The van der Waals surface area contributed by atoms with E-state index < -0.39 is 0 Å². The molecule has 19 heavy (non-hydrogen) atoms. The highest BCUT2D eigenvalue weighted by atomic mass is 16.5. The Morgan fingerprint density at radius 2 is 2.11 bits per heavy atom. The van der Waals surface area contributed by atoms with Gasteiger partial charge in [0.2, 0.25) is 0 Å². The molecule has 0 spiro atoms. The Morgan fingerprint density at radius 1 is 1.26 bits per heavy atom. The van der Waals surface area contributed by atoms with E-state index in [0.29, 0.717) is 6.04 Å². The Bertz CT molecular complexity index is 283. The SMILES string of the molecule is CCOCCCCNC(=O)N1CCC[C@@H]2CCC[C@@H]21. The van der Waals surface area contributed by atoms with Crippen molar-refractivity contribution in [3.8, 4) is 0 Å². The van der Waals surface area contributed by atoms with Gasteiger partial charge in [0, 0.05) is 32.3 Å². The molecule has 0 bridgehead atoms. The van der Waals surface area contributed by atoms with Crippen molar-refractivity contribution in [1.82, 2.24) is 10.2 Å². The standard InChI is InChI=1S/C15H28N2O2/c1-2-19-12-4-3-10-16-15(18)17-11-6-8-13-7-5-9-14(13)17/h13-14H,2-12H2,1H3,(H,16,18)/t13-,14-/m0/s1. The molecule has 0 aromatic carbocycles. The molecule has 4 heteroatoms. The molecule has 0 aromatic rings. The third-order valence-electron chi connectivity index (χ3n) is 4.45. The van der Waals surface area contributed by atoms with Gasteiger partial charge in [-0.1, -0.05) is 6.42 Å². The highest BCUT2D eigenvalue weighted by Crippen LogP contribution is 2.36. The van der Waals surface area contributed by atoms with Crippen LogP contribution in [0.5, 0.6) is 0 Å². The van der Waals surface area contributed by atoms with E-state index in [-0.39, 0.29) is 6.03 Å². The van der Waals surface area contributed by atoms with Crippen molar-refractivity contribution >= 4 is 6.03 Å². The maximum Gasteiger partial charge on any atom is 0.317 e. The number of urea groups is 1. The van der Waals surface area contributed by atoms with Crippen molar-refractivity contribution in [2.24, 2.45) is 5.92 Å². The lowest BCUT2D eigenvalue weighted by Gasteiger charge is -2.37. The molecule has 1 aliphatic heterocycles. The zero-order valence-electron chi connectivity index (χ0n) is 12.2. The zero-order valence-corrected chi connectivity index (χ0v) is 12.2. The molecule has 2 aliphatic rings. The van der Waals surface area contributed by atoms with E-state index in [2.05, 4.69) is 10.2 Å². The average molecular weight is 268 g/mol. The van der Waals surface area contributed by atoms with Gasteiger partial charge in [0.1, 0.15) is 0 Å². The fourth-order valence-corrected chi connectivity index (χ4v) is 3.48. The second-order valence-corrected chi connectivity index (χ2v) is 5.73. The molecular weight excluding hydrogens is 240 g/mol. The minimum absolute atomic E-state index is 0.160. The first-order valence-corrected chi connectivity index (χ1v) is 7.95. The lowest BCUT2D eigenvalue weighted by molar-refractivity contribution is 0.127. The molecule has 0 aromatic heterocycles. The number of hydrogen-bond acceptors (Lipinski definition) is 2. The largest absolute Gasteiger partial charge is 0.382 e. The predicted molar refractivity (Wildman–Crippen MR) is 76.2 cm³/mol. The lowest BCUT2D eigenvalue weighted by atomic mass is 9.92. The third-order valence-corrected chi connectivity index (χ3v) is 4.45. The van der Waals surface area contributed by atoms with Crippen LogP contribution in [0.3, 0.4) is 0 Å². The number of hydrogen-bond donors (Lipinski definition) is 1. The number of ether oxygens (including phenoxy) is 1. The van der Waals surface area contributed by atoms with Gasteiger partial charge >= 0.3 is 6.03 Å². The smallest absolute Gasteiger partial charge is 0.317 e. The number of fused-ring (bicyclic) bond motifs is 1. The van der Waals surface area contributed by atoms with Crippen molar-refractivity contribution in [1.29, 1.82) is 0 Å². The molecule has 2 amide bonds. The van der Waals surface area contributed by atoms with Crippen LogP contribution in [0.2, 0.25) is 0 Å². The Labute approximate surface area is 116 Å². The molecule has 110 valence electrons. The van der Waals surface area contributed by atoms with Gasteiger partial charge in [-0.25, -0.2) is 4.79 Å². The first-order valence-electron chi connectivity index (χ1n) is 7.95. The van der Waals surface area contributed by atoms with E-state index in [0.717, 1.165) is 45.1 Å². The van der Waals surface area contributed by atoms with Gasteiger partial charge < -0.3 is 15.0 Å². The summed E-state index contributed by atoms with van der Waals surface area (Å²) in [4.78, 5) is 14.3. The third kappa shape index (κ3) is 4.10. The Kier molecular flexibility index (Phi) is 5.95. The van der Waals surface area contributed by atoms with Crippen LogP contribution in [0, 0.1) is 5.92 Å². The van der Waals surface area contributed by atoms with Gasteiger partial charge in [0.05, 0.1) is 0 Å². The summed E-state index contributed by atoms with van der Waals surface area (Å²) in [5.74, 6) is 0.775. The number of carbonyl (C=O) groups excluding carboxylic acids is 1. The summed E-state index contributed by atoms with van der Waals surface area (Å²) in [6.07, 6.45) is 8.37. The molecule has 2 rings (SSSR count). The van der Waals surface area contributed by atoms with Gasteiger partial charge in [-0.15, -0.1) is 0 Å². The van der Waals surface area contributed by atoms with Crippen molar-refractivity contribution < 1.29 is 9.53 Å². The van der Waals surface area contributed by atoms with Crippen molar-refractivity contribution in [2.75, 3.05) is 26.3 Å². The van der Waals surface area contributed by atoms with Crippen LogP contribution in [-0.2, 0) is 4.74 Å². The molecule has 2 fully saturated rings. The van der Waals surface area contributed by atoms with Crippen LogP contribution < -0.4 is 5.32 Å². The van der Waals surface area contributed by atoms with Crippen molar-refractivity contribution in [2.45, 2.75) is 57.9 Å². The van der Waals surface area contributed by atoms with Gasteiger partial charge in [-0.3, -0.25) is 0 Å². The first-order chi connectivity index (χ1) is 9.33. The van der Waals surface area contributed by atoms with Crippen molar-refractivity contribution in [3.05, 3.63) is 0 Å². The quantitative estimate of drug-likeness (QED) is 0.753. The first kappa shape index (κ1) is 14.6. The molecule has 2 atom stereocenters. The summed E-state index contributed by atoms with van der Waals surface area (Å²) in [6, 6.07) is 0.685. The summed E-state index contributed by atoms with van der Waals surface area (Å²) >= 11 is 0. The number of likely N-dealkylation sites (tertiary alicyclic amines) is 1. The van der Waals surface area contributed by atoms with Crippen LogP contribution in [0.15, 0.2) is 0 Å². The van der Waals surface area contributed by atoms with E-state index in [1.807, 2.05) is 6.92 Å².